The molecule has 0 amide bonds. The van der Waals surface area contributed by atoms with Gasteiger partial charge in [-0.05, 0) is 54.1 Å². The Morgan fingerprint density at radius 2 is 1.72 bits per heavy atom. The molecule has 4 nitrogen and oxygen atoms in total. The average molecular weight is 424 g/mol. The van der Waals surface area contributed by atoms with Gasteiger partial charge in [0, 0.05) is 21.2 Å². The molecule has 0 saturated heterocycles. The van der Waals surface area contributed by atoms with E-state index in [9.17, 15) is 4.79 Å². The van der Waals surface area contributed by atoms with Gasteiger partial charge in [-0.25, -0.2) is 9.79 Å². The molecule has 144 valence electrons. The van der Waals surface area contributed by atoms with Crippen LogP contribution in [0.2, 0.25) is 10.0 Å². The fourth-order valence-electron chi connectivity index (χ4n) is 2.81. The fourth-order valence-corrected chi connectivity index (χ4v) is 3.21. The topological polar surface area (TPSA) is 47.9 Å². The first kappa shape index (κ1) is 19.2. The molecule has 4 rings (SSSR count). The number of ether oxygens (including phenoxy) is 2. The second kappa shape index (κ2) is 8.52. The van der Waals surface area contributed by atoms with Gasteiger partial charge in [0.2, 0.25) is 5.90 Å². The van der Waals surface area contributed by atoms with Gasteiger partial charge in [-0.15, -0.1) is 0 Å². The Kier molecular flexibility index (Phi) is 5.65. The Morgan fingerprint density at radius 1 is 0.931 bits per heavy atom. The van der Waals surface area contributed by atoms with Crippen LogP contribution in [-0.4, -0.2) is 11.9 Å². The van der Waals surface area contributed by atoms with Crippen LogP contribution >= 0.6 is 23.2 Å². The van der Waals surface area contributed by atoms with E-state index in [1.165, 1.54) is 0 Å². The third-order valence-corrected chi connectivity index (χ3v) is 4.66. The first-order valence-corrected chi connectivity index (χ1v) is 9.59. The standard InChI is InChI=1S/C23H15Cl2NO3/c24-18-8-4-5-15(11-18)14-28-21-10-9-19(25)12-17(21)13-20-23(27)29-22(26-20)16-6-2-1-3-7-16/h1-13H,14H2/b20-13+. The van der Waals surface area contributed by atoms with Crippen LogP contribution in [0, 0.1) is 0 Å². The van der Waals surface area contributed by atoms with Crippen LogP contribution in [0.15, 0.2) is 83.5 Å². The number of halogens is 2. The number of benzene rings is 3. The van der Waals surface area contributed by atoms with E-state index in [1.54, 1.807) is 30.3 Å². The summed E-state index contributed by atoms with van der Waals surface area (Å²) in [7, 11) is 0. The predicted octanol–water partition coefficient (Wildman–Crippen LogP) is 5.92. The van der Waals surface area contributed by atoms with Gasteiger partial charge in [-0.2, -0.15) is 0 Å². The summed E-state index contributed by atoms with van der Waals surface area (Å²) in [5.41, 5.74) is 2.46. The molecule has 1 heterocycles. The van der Waals surface area contributed by atoms with Gasteiger partial charge in [0.25, 0.3) is 0 Å². The van der Waals surface area contributed by atoms with E-state index < -0.39 is 5.97 Å². The molecular formula is C23H15Cl2NO3. The fraction of sp³-hybridized carbons (Fsp3) is 0.0435. The molecule has 0 atom stereocenters. The molecule has 1 aliphatic heterocycles. The lowest BCUT2D eigenvalue weighted by atomic mass is 10.1. The lowest BCUT2D eigenvalue weighted by molar-refractivity contribution is -0.129. The maximum absolute atomic E-state index is 12.3. The lowest BCUT2D eigenvalue weighted by Gasteiger charge is -2.10. The minimum atomic E-state index is -0.524. The molecule has 0 spiro atoms. The summed E-state index contributed by atoms with van der Waals surface area (Å²) < 4.78 is 11.2. The van der Waals surface area contributed by atoms with Gasteiger partial charge >= 0.3 is 5.97 Å². The zero-order chi connectivity index (χ0) is 20.2. The summed E-state index contributed by atoms with van der Waals surface area (Å²) in [5.74, 6) is 0.313. The third kappa shape index (κ3) is 4.67. The van der Waals surface area contributed by atoms with Gasteiger partial charge in [0.1, 0.15) is 12.4 Å². The molecule has 0 unspecified atom stereocenters. The summed E-state index contributed by atoms with van der Waals surface area (Å²) in [6.07, 6.45) is 1.61. The normalized spacial score (nSPS) is 14.6. The highest BCUT2D eigenvalue weighted by atomic mass is 35.5. The van der Waals surface area contributed by atoms with E-state index in [2.05, 4.69) is 4.99 Å². The second-order valence-electron chi connectivity index (χ2n) is 6.30. The molecule has 0 aliphatic carbocycles. The van der Waals surface area contributed by atoms with Crippen molar-refractivity contribution in [3.63, 3.8) is 0 Å². The number of carbonyl (C=O) groups excluding carboxylic acids is 1. The summed E-state index contributed by atoms with van der Waals surface area (Å²) in [4.78, 5) is 16.6. The van der Waals surface area contributed by atoms with Crippen molar-refractivity contribution in [1.29, 1.82) is 0 Å². The molecule has 0 N–H and O–H groups in total. The maximum atomic E-state index is 12.3. The SMILES string of the molecule is O=C1OC(c2ccccc2)=N/C1=C/c1cc(Cl)ccc1OCc1cccc(Cl)c1. The smallest absolute Gasteiger partial charge is 0.363 e. The maximum Gasteiger partial charge on any atom is 0.363 e. The van der Waals surface area contributed by atoms with Crippen LogP contribution in [0.1, 0.15) is 16.7 Å². The zero-order valence-corrected chi connectivity index (χ0v) is 16.7. The van der Waals surface area contributed by atoms with Gasteiger partial charge in [0.15, 0.2) is 5.70 Å². The number of carbonyl (C=O) groups is 1. The van der Waals surface area contributed by atoms with Crippen molar-refractivity contribution in [3.05, 3.63) is 105 Å². The molecule has 3 aromatic carbocycles. The number of aliphatic imine (C=N–C) groups is 1. The summed E-state index contributed by atoms with van der Waals surface area (Å²) in [6.45, 7) is 0.321. The first-order valence-electron chi connectivity index (χ1n) is 8.83. The molecule has 0 bridgehead atoms. The Labute approximate surface area is 178 Å². The van der Waals surface area contributed by atoms with Gasteiger partial charge in [-0.1, -0.05) is 53.5 Å². The van der Waals surface area contributed by atoms with Crippen LogP contribution in [-0.2, 0) is 16.1 Å². The van der Waals surface area contributed by atoms with Crippen molar-refractivity contribution < 1.29 is 14.3 Å². The van der Waals surface area contributed by atoms with Crippen molar-refractivity contribution in [2.75, 3.05) is 0 Å². The van der Waals surface area contributed by atoms with E-state index in [0.29, 0.717) is 28.0 Å². The number of rotatable bonds is 5. The molecule has 6 heteroatoms. The number of esters is 1. The van der Waals surface area contributed by atoms with Crippen LogP contribution < -0.4 is 4.74 Å². The molecule has 0 fully saturated rings. The summed E-state index contributed by atoms with van der Waals surface area (Å²) >= 11 is 12.2. The quantitative estimate of drug-likeness (QED) is 0.378. The molecule has 0 aromatic heterocycles. The van der Waals surface area contributed by atoms with E-state index in [4.69, 9.17) is 32.7 Å². The predicted molar refractivity (Wildman–Crippen MR) is 114 cm³/mol. The highest BCUT2D eigenvalue weighted by Crippen LogP contribution is 2.28. The highest BCUT2D eigenvalue weighted by Gasteiger charge is 2.24. The van der Waals surface area contributed by atoms with E-state index >= 15 is 0 Å². The van der Waals surface area contributed by atoms with Crippen LogP contribution in [0.5, 0.6) is 5.75 Å². The van der Waals surface area contributed by atoms with Crippen molar-refractivity contribution in [2.24, 2.45) is 4.99 Å². The van der Waals surface area contributed by atoms with Gasteiger partial charge in [-0.3, -0.25) is 0 Å². The van der Waals surface area contributed by atoms with Crippen molar-refractivity contribution >= 4 is 41.1 Å². The summed E-state index contributed by atoms with van der Waals surface area (Å²) in [5, 5.41) is 1.16. The zero-order valence-electron chi connectivity index (χ0n) is 15.1. The largest absolute Gasteiger partial charge is 0.488 e. The monoisotopic (exact) mass is 423 g/mol. The Balaban J connectivity index is 1.62. The molecule has 1 aliphatic rings. The van der Waals surface area contributed by atoms with Crippen LogP contribution in [0.25, 0.3) is 6.08 Å². The average Bonchev–Trinajstić information content (AvgIpc) is 3.08. The number of nitrogens with zero attached hydrogens (tertiary/aromatic N) is 1. The summed E-state index contributed by atoms with van der Waals surface area (Å²) in [6, 6.07) is 21.9. The Morgan fingerprint density at radius 3 is 2.52 bits per heavy atom. The van der Waals surface area contributed by atoms with Crippen LogP contribution in [0.3, 0.4) is 0 Å². The highest BCUT2D eigenvalue weighted by molar-refractivity contribution is 6.31. The van der Waals surface area contributed by atoms with E-state index in [1.807, 2.05) is 48.5 Å². The van der Waals surface area contributed by atoms with Gasteiger partial charge in [0.05, 0.1) is 0 Å². The molecule has 0 radical (unpaired) electrons. The lowest BCUT2D eigenvalue weighted by Crippen LogP contribution is -2.05. The molecule has 29 heavy (non-hydrogen) atoms. The van der Waals surface area contributed by atoms with Crippen molar-refractivity contribution in [1.82, 2.24) is 0 Å². The number of hydrogen-bond acceptors (Lipinski definition) is 4. The number of hydrogen-bond donors (Lipinski definition) is 0. The third-order valence-electron chi connectivity index (χ3n) is 4.19. The Bertz CT molecular complexity index is 1120. The van der Waals surface area contributed by atoms with E-state index in [-0.39, 0.29) is 11.6 Å². The van der Waals surface area contributed by atoms with Crippen molar-refractivity contribution in [2.45, 2.75) is 6.61 Å². The van der Waals surface area contributed by atoms with Crippen molar-refractivity contribution in [3.8, 4) is 5.75 Å². The minimum absolute atomic E-state index is 0.179. The van der Waals surface area contributed by atoms with Gasteiger partial charge < -0.3 is 9.47 Å². The molecular weight excluding hydrogens is 409 g/mol. The molecule has 3 aromatic rings. The second-order valence-corrected chi connectivity index (χ2v) is 7.18. The Hall–Kier alpha value is -3.08. The number of cyclic esters (lactones) is 1. The first-order chi connectivity index (χ1) is 14.1. The minimum Gasteiger partial charge on any atom is -0.488 e. The van der Waals surface area contributed by atoms with Crippen LogP contribution in [0.4, 0.5) is 0 Å². The molecule has 0 saturated carbocycles. The van der Waals surface area contributed by atoms with E-state index in [0.717, 1.165) is 11.1 Å².